The van der Waals surface area contributed by atoms with Crippen molar-refractivity contribution in [3.63, 3.8) is 0 Å². The third-order valence-electron chi connectivity index (χ3n) is 4.46. The summed E-state index contributed by atoms with van der Waals surface area (Å²) < 4.78 is 9.99. The third kappa shape index (κ3) is 5.49. The van der Waals surface area contributed by atoms with Crippen molar-refractivity contribution in [3.8, 4) is 5.75 Å². The molecule has 0 aliphatic carbocycles. The molecule has 150 valence electrons. The Hall–Kier alpha value is -2.53. The number of esters is 1. The highest BCUT2D eigenvalue weighted by atomic mass is 35.5. The standard InChI is InChI=1S/C22H26ClNO4/c1-22(2,3)16-9-7-15(8-10-16)20(25)24-18(21(26)28-5)13-14-6-11-19(27-4)17(23)12-14/h6-12,18H,13H2,1-5H3,(H,24,25)/t18-/m0/s1. The van der Waals surface area contributed by atoms with Crippen LogP contribution in [0.3, 0.4) is 0 Å². The van der Waals surface area contributed by atoms with Crippen molar-refractivity contribution in [1.29, 1.82) is 0 Å². The highest BCUT2D eigenvalue weighted by molar-refractivity contribution is 6.32. The number of rotatable bonds is 6. The van der Waals surface area contributed by atoms with Crippen LogP contribution in [-0.2, 0) is 21.4 Å². The normalized spacial score (nSPS) is 12.2. The van der Waals surface area contributed by atoms with E-state index in [0.29, 0.717) is 16.3 Å². The van der Waals surface area contributed by atoms with Crippen molar-refractivity contribution in [2.75, 3.05) is 14.2 Å². The van der Waals surface area contributed by atoms with Crippen molar-refractivity contribution >= 4 is 23.5 Å². The summed E-state index contributed by atoms with van der Waals surface area (Å²) in [4.78, 5) is 24.8. The van der Waals surface area contributed by atoms with Gasteiger partial charge in [0.1, 0.15) is 11.8 Å². The van der Waals surface area contributed by atoms with Gasteiger partial charge in [0.25, 0.3) is 5.91 Å². The lowest BCUT2D eigenvalue weighted by Gasteiger charge is -2.20. The Morgan fingerprint density at radius 3 is 2.21 bits per heavy atom. The Kier molecular flexibility index (Phi) is 7.08. The number of benzene rings is 2. The van der Waals surface area contributed by atoms with Gasteiger partial charge in [0.15, 0.2) is 0 Å². The van der Waals surface area contributed by atoms with Crippen molar-refractivity contribution < 1.29 is 19.1 Å². The van der Waals surface area contributed by atoms with E-state index in [4.69, 9.17) is 21.1 Å². The van der Waals surface area contributed by atoms with E-state index in [1.807, 2.05) is 12.1 Å². The first-order valence-electron chi connectivity index (χ1n) is 8.97. The van der Waals surface area contributed by atoms with E-state index in [2.05, 4.69) is 26.1 Å². The number of nitrogens with one attached hydrogen (secondary N) is 1. The van der Waals surface area contributed by atoms with Crippen LogP contribution >= 0.6 is 11.6 Å². The monoisotopic (exact) mass is 403 g/mol. The van der Waals surface area contributed by atoms with E-state index in [-0.39, 0.29) is 17.7 Å². The lowest BCUT2D eigenvalue weighted by atomic mass is 9.86. The largest absolute Gasteiger partial charge is 0.495 e. The molecule has 28 heavy (non-hydrogen) atoms. The molecule has 0 spiro atoms. The van der Waals surface area contributed by atoms with Gasteiger partial charge in [-0.05, 0) is 40.8 Å². The fraction of sp³-hybridized carbons (Fsp3) is 0.364. The van der Waals surface area contributed by atoms with Gasteiger partial charge in [-0.3, -0.25) is 4.79 Å². The number of hydrogen-bond acceptors (Lipinski definition) is 4. The molecule has 1 amide bonds. The molecular weight excluding hydrogens is 378 g/mol. The number of ether oxygens (including phenoxy) is 2. The van der Waals surface area contributed by atoms with Gasteiger partial charge >= 0.3 is 5.97 Å². The SMILES string of the molecule is COC(=O)[C@H](Cc1ccc(OC)c(Cl)c1)NC(=O)c1ccc(C(C)(C)C)cc1. The van der Waals surface area contributed by atoms with Crippen molar-refractivity contribution in [2.45, 2.75) is 38.6 Å². The summed E-state index contributed by atoms with van der Waals surface area (Å²) in [6.45, 7) is 6.32. The molecule has 0 bridgehead atoms. The molecule has 1 atom stereocenters. The number of methoxy groups -OCH3 is 2. The third-order valence-corrected chi connectivity index (χ3v) is 4.76. The van der Waals surface area contributed by atoms with Crippen LogP contribution in [0.4, 0.5) is 0 Å². The molecule has 0 saturated heterocycles. The van der Waals surface area contributed by atoms with E-state index < -0.39 is 12.0 Å². The zero-order chi connectivity index (χ0) is 20.9. The van der Waals surface area contributed by atoms with E-state index in [1.165, 1.54) is 14.2 Å². The zero-order valence-electron chi connectivity index (χ0n) is 16.8. The van der Waals surface area contributed by atoms with Gasteiger partial charge in [0.05, 0.1) is 19.2 Å². The Bertz CT molecular complexity index is 841. The van der Waals surface area contributed by atoms with Crippen LogP contribution < -0.4 is 10.1 Å². The Balaban J connectivity index is 2.16. The summed E-state index contributed by atoms with van der Waals surface area (Å²) >= 11 is 6.15. The van der Waals surface area contributed by atoms with Gasteiger partial charge in [-0.1, -0.05) is 50.6 Å². The minimum atomic E-state index is -0.829. The zero-order valence-corrected chi connectivity index (χ0v) is 17.6. The number of amides is 1. The summed E-state index contributed by atoms with van der Waals surface area (Å²) in [6.07, 6.45) is 0.252. The molecule has 0 aliphatic heterocycles. The second-order valence-electron chi connectivity index (χ2n) is 7.55. The average molecular weight is 404 g/mol. The van der Waals surface area contributed by atoms with Gasteiger partial charge < -0.3 is 14.8 Å². The van der Waals surface area contributed by atoms with Crippen LogP contribution in [-0.4, -0.2) is 32.1 Å². The molecule has 2 rings (SSSR count). The maximum Gasteiger partial charge on any atom is 0.328 e. The quantitative estimate of drug-likeness (QED) is 0.735. The molecule has 0 aliphatic rings. The van der Waals surface area contributed by atoms with Crippen molar-refractivity contribution in [3.05, 3.63) is 64.2 Å². The molecule has 2 aromatic rings. The minimum Gasteiger partial charge on any atom is -0.495 e. The van der Waals surface area contributed by atoms with Crippen LogP contribution in [0.1, 0.15) is 42.3 Å². The Labute approximate surface area is 171 Å². The van der Waals surface area contributed by atoms with E-state index >= 15 is 0 Å². The summed E-state index contributed by atoms with van der Waals surface area (Å²) in [6, 6.07) is 11.8. The molecule has 0 aromatic heterocycles. The maximum absolute atomic E-state index is 12.6. The van der Waals surface area contributed by atoms with Crippen LogP contribution in [0.15, 0.2) is 42.5 Å². The number of carbonyl (C=O) groups is 2. The smallest absolute Gasteiger partial charge is 0.328 e. The van der Waals surface area contributed by atoms with Crippen LogP contribution in [0, 0.1) is 0 Å². The summed E-state index contributed by atoms with van der Waals surface area (Å²) in [7, 11) is 2.82. The first kappa shape index (κ1) is 21.8. The van der Waals surface area contributed by atoms with Gasteiger partial charge in [-0.15, -0.1) is 0 Å². The number of carbonyl (C=O) groups excluding carboxylic acids is 2. The van der Waals surface area contributed by atoms with Crippen LogP contribution in [0.5, 0.6) is 5.75 Å². The molecule has 0 radical (unpaired) electrons. The van der Waals surface area contributed by atoms with Crippen LogP contribution in [0.2, 0.25) is 5.02 Å². The topological polar surface area (TPSA) is 64.6 Å². The molecule has 0 unspecified atom stereocenters. The fourth-order valence-electron chi connectivity index (χ4n) is 2.77. The van der Waals surface area contributed by atoms with Gasteiger partial charge in [-0.2, -0.15) is 0 Å². The fourth-order valence-corrected chi connectivity index (χ4v) is 3.05. The first-order chi connectivity index (χ1) is 13.2. The predicted molar refractivity (Wildman–Crippen MR) is 110 cm³/mol. The lowest BCUT2D eigenvalue weighted by molar-refractivity contribution is -0.142. The summed E-state index contributed by atoms with van der Waals surface area (Å²) in [5.41, 5.74) is 2.39. The highest BCUT2D eigenvalue weighted by Crippen LogP contribution is 2.26. The van der Waals surface area contributed by atoms with E-state index in [9.17, 15) is 9.59 Å². The van der Waals surface area contributed by atoms with Gasteiger partial charge in [-0.25, -0.2) is 4.79 Å². The lowest BCUT2D eigenvalue weighted by Crippen LogP contribution is -2.43. The molecule has 5 nitrogen and oxygen atoms in total. The van der Waals surface area contributed by atoms with Crippen molar-refractivity contribution in [1.82, 2.24) is 5.32 Å². The molecular formula is C22H26ClNO4. The highest BCUT2D eigenvalue weighted by Gasteiger charge is 2.23. The Morgan fingerprint density at radius 1 is 1.07 bits per heavy atom. The van der Waals surface area contributed by atoms with Crippen molar-refractivity contribution in [2.24, 2.45) is 0 Å². The predicted octanol–water partition coefficient (Wildman–Crippen LogP) is 4.16. The molecule has 2 aromatic carbocycles. The van der Waals surface area contributed by atoms with Gasteiger partial charge in [0, 0.05) is 12.0 Å². The van der Waals surface area contributed by atoms with E-state index in [0.717, 1.165) is 11.1 Å². The summed E-state index contributed by atoms with van der Waals surface area (Å²) in [5, 5.41) is 3.19. The Morgan fingerprint density at radius 2 is 1.71 bits per heavy atom. The first-order valence-corrected chi connectivity index (χ1v) is 9.35. The maximum atomic E-state index is 12.6. The molecule has 0 saturated carbocycles. The van der Waals surface area contributed by atoms with Crippen LogP contribution in [0.25, 0.3) is 0 Å². The molecule has 0 fully saturated rings. The number of halogens is 1. The minimum absolute atomic E-state index is 0.00279. The molecule has 0 heterocycles. The molecule has 6 heteroatoms. The van der Waals surface area contributed by atoms with Gasteiger partial charge in [0.2, 0.25) is 0 Å². The average Bonchev–Trinajstić information content (AvgIpc) is 2.66. The second kappa shape index (κ2) is 9.11. The number of hydrogen-bond donors (Lipinski definition) is 1. The molecule has 1 N–H and O–H groups in total. The van der Waals surface area contributed by atoms with E-state index in [1.54, 1.807) is 30.3 Å². The summed E-state index contributed by atoms with van der Waals surface area (Å²) in [5.74, 6) is -0.315. The second-order valence-corrected chi connectivity index (χ2v) is 7.96.